The molecule has 0 fully saturated rings. The normalized spacial score (nSPS) is 12.2. The standard InChI is InChI=1S/C24H20F3N5S/c1-14(2)32-13-29-20-22(28-11-15-6-5-7-16(10-15)24(25,26)27)30-21(31-23(20)32)18-12-33-19-9-4-3-8-17(18)19/h3-10,12-14H,11H2,1-2H3,(H,28,30,31). The van der Waals surface area contributed by atoms with Crippen LogP contribution in [0, 0.1) is 0 Å². The summed E-state index contributed by atoms with van der Waals surface area (Å²) in [6, 6.07) is 13.4. The number of thiophene rings is 1. The summed E-state index contributed by atoms with van der Waals surface area (Å²) >= 11 is 1.62. The van der Waals surface area contributed by atoms with E-state index in [1.807, 2.05) is 48.1 Å². The van der Waals surface area contributed by atoms with Gasteiger partial charge in [-0.25, -0.2) is 15.0 Å². The predicted molar refractivity (Wildman–Crippen MR) is 125 cm³/mol. The summed E-state index contributed by atoms with van der Waals surface area (Å²) in [6.07, 6.45) is -2.67. The molecule has 5 aromatic rings. The number of fused-ring (bicyclic) bond motifs is 2. The number of anilines is 1. The van der Waals surface area contributed by atoms with Gasteiger partial charge in [0.2, 0.25) is 0 Å². The van der Waals surface area contributed by atoms with Crippen molar-refractivity contribution in [3.8, 4) is 11.4 Å². The summed E-state index contributed by atoms with van der Waals surface area (Å²) < 4.78 is 42.4. The zero-order valence-corrected chi connectivity index (χ0v) is 18.7. The van der Waals surface area contributed by atoms with Crippen molar-refractivity contribution in [3.63, 3.8) is 0 Å². The van der Waals surface area contributed by atoms with E-state index in [0.717, 1.165) is 27.8 Å². The molecule has 0 spiro atoms. The third-order valence-electron chi connectivity index (χ3n) is 5.41. The van der Waals surface area contributed by atoms with E-state index < -0.39 is 11.7 Å². The Bertz CT molecular complexity index is 1450. The van der Waals surface area contributed by atoms with Gasteiger partial charge < -0.3 is 9.88 Å². The van der Waals surface area contributed by atoms with Crippen LogP contribution in [0.5, 0.6) is 0 Å². The van der Waals surface area contributed by atoms with Crippen molar-refractivity contribution in [2.24, 2.45) is 0 Å². The summed E-state index contributed by atoms with van der Waals surface area (Å²) in [5.74, 6) is 1.04. The van der Waals surface area contributed by atoms with E-state index in [1.165, 1.54) is 6.07 Å². The fourth-order valence-corrected chi connectivity index (χ4v) is 4.67. The molecule has 0 aliphatic rings. The zero-order chi connectivity index (χ0) is 23.2. The second-order valence-corrected chi connectivity index (χ2v) is 8.92. The molecule has 168 valence electrons. The quantitative estimate of drug-likeness (QED) is 0.305. The van der Waals surface area contributed by atoms with Gasteiger partial charge in [0.25, 0.3) is 0 Å². The monoisotopic (exact) mass is 467 g/mol. The lowest BCUT2D eigenvalue weighted by molar-refractivity contribution is -0.137. The van der Waals surface area contributed by atoms with Crippen LogP contribution >= 0.6 is 11.3 Å². The Balaban J connectivity index is 1.58. The Morgan fingerprint density at radius 1 is 1.06 bits per heavy atom. The van der Waals surface area contributed by atoms with E-state index in [-0.39, 0.29) is 12.6 Å². The molecule has 0 aliphatic heterocycles. The van der Waals surface area contributed by atoms with E-state index >= 15 is 0 Å². The Kier molecular flexibility index (Phi) is 5.28. The Morgan fingerprint density at radius 2 is 1.88 bits per heavy atom. The van der Waals surface area contributed by atoms with Crippen LogP contribution < -0.4 is 5.32 Å². The van der Waals surface area contributed by atoms with Gasteiger partial charge in [0.15, 0.2) is 17.3 Å². The summed E-state index contributed by atoms with van der Waals surface area (Å²) in [4.78, 5) is 14.0. The molecule has 0 aliphatic carbocycles. The lowest BCUT2D eigenvalue weighted by Crippen LogP contribution is -2.08. The number of rotatable bonds is 5. The molecule has 3 heterocycles. The average molecular weight is 468 g/mol. The third kappa shape index (κ3) is 4.04. The Hall–Kier alpha value is -3.46. The van der Waals surface area contributed by atoms with Crippen molar-refractivity contribution in [1.29, 1.82) is 0 Å². The van der Waals surface area contributed by atoms with Gasteiger partial charge >= 0.3 is 6.18 Å². The maximum Gasteiger partial charge on any atom is 0.416 e. The van der Waals surface area contributed by atoms with Crippen molar-refractivity contribution in [2.45, 2.75) is 32.6 Å². The van der Waals surface area contributed by atoms with Crippen LogP contribution in [0.1, 0.15) is 31.0 Å². The molecule has 3 aromatic heterocycles. The number of hydrogen-bond acceptors (Lipinski definition) is 5. The number of imidazole rings is 1. The highest BCUT2D eigenvalue weighted by atomic mass is 32.1. The fraction of sp³-hybridized carbons (Fsp3) is 0.208. The summed E-state index contributed by atoms with van der Waals surface area (Å²) in [7, 11) is 0. The van der Waals surface area contributed by atoms with Crippen LogP contribution in [0.4, 0.5) is 19.0 Å². The van der Waals surface area contributed by atoms with Crippen LogP contribution in [-0.4, -0.2) is 19.5 Å². The van der Waals surface area contributed by atoms with Gasteiger partial charge in [0.05, 0.1) is 11.9 Å². The fourth-order valence-electron chi connectivity index (χ4n) is 3.73. The van der Waals surface area contributed by atoms with Crippen molar-refractivity contribution in [1.82, 2.24) is 19.5 Å². The lowest BCUT2D eigenvalue weighted by Gasteiger charge is -2.12. The molecule has 9 heteroatoms. The first kappa shape index (κ1) is 21.4. The van der Waals surface area contributed by atoms with Crippen molar-refractivity contribution in [3.05, 3.63) is 71.4 Å². The van der Waals surface area contributed by atoms with Gasteiger partial charge in [-0.15, -0.1) is 11.3 Å². The van der Waals surface area contributed by atoms with E-state index in [2.05, 4.69) is 10.3 Å². The van der Waals surface area contributed by atoms with Gasteiger partial charge in [-0.2, -0.15) is 13.2 Å². The molecule has 0 amide bonds. The first-order valence-electron chi connectivity index (χ1n) is 10.4. The average Bonchev–Trinajstić information content (AvgIpc) is 3.41. The van der Waals surface area contributed by atoms with E-state index in [4.69, 9.17) is 9.97 Å². The molecule has 0 atom stereocenters. The molecule has 0 saturated heterocycles. The minimum Gasteiger partial charge on any atom is -0.364 e. The molecule has 0 saturated carbocycles. The SMILES string of the molecule is CC(C)n1cnc2c(NCc3cccc(C(F)(F)F)c3)nc(-c3csc4ccccc34)nc21. The van der Waals surface area contributed by atoms with Crippen LogP contribution in [0.25, 0.3) is 32.6 Å². The minimum absolute atomic E-state index is 0.133. The van der Waals surface area contributed by atoms with E-state index in [0.29, 0.717) is 28.4 Å². The molecule has 0 unspecified atom stereocenters. The molecule has 5 rings (SSSR count). The number of halogens is 3. The van der Waals surface area contributed by atoms with Gasteiger partial charge in [-0.1, -0.05) is 30.3 Å². The molecule has 1 N–H and O–H groups in total. The molecular formula is C24H20F3N5S. The van der Waals surface area contributed by atoms with Crippen LogP contribution in [0.15, 0.2) is 60.2 Å². The number of nitrogens with one attached hydrogen (secondary N) is 1. The van der Waals surface area contributed by atoms with Crippen LogP contribution in [0.3, 0.4) is 0 Å². The predicted octanol–water partition coefficient (Wildman–Crippen LogP) is 6.92. The Labute approximate surface area is 191 Å². The highest BCUT2D eigenvalue weighted by molar-refractivity contribution is 7.17. The number of alkyl halides is 3. The lowest BCUT2D eigenvalue weighted by atomic mass is 10.1. The summed E-state index contributed by atoms with van der Waals surface area (Å²) in [5, 5.41) is 6.28. The van der Waals surface area contributed by atoms with Gasteiger partial charge in [-0.3, -0.25) is 0 Å². The van der Waals surface area contributed by atoms with Crippen molar-refractivity contribution in [2.75, 3.05) is 5.32 Å². The maximum absolute atomic E-state index is 13.1. The topological polar surface area (TPSA) is 55.6 Å². The molecule has 0 radical (unpaired) electrons. The van der Waals surface area contributed by atoms with Crippen molar-refractivity contribution >= 4 is 38.4 Å². The number of aromatic nitrogens is 4. The largest absolute Gasteiger partial charge is 0.416 e. The maximum atomic E-state index is 13.1. The molecule has 33 heavy (non-hydrogen) atoms. The Morgan fingerprint density at radius 3 is 2.67 bits per heavy atom. The van der Waals surface area contributed by atoms with Crippen LogP contribution in [-0.2, 0) is 12.7 Å². The third-order valence-corrected chi connectivity index (χ3v) is 6.38. The molecule has 5 nitrogen and oxygen atoms in total. The molecule has 0 bridgehead atoms. The smallest absolute Gasteiger partial charge is 0.364 e. The highest BCUT2D eigenvalue weighted by Crippen LogP contribution is 2.34. The minimum atomic E-state index is -4.39. The van der Waals surface area contributed by atoms with Gasteiger partial charge in [0, 0.05) is 33.6 Å². The zero-order valence-electron chi connectivity index (χ0n) is 17.9. The first-order chi connectivity index (χ1) is 15.8. The second-order valence-electron chi connectivity index (χ2n) is 8.01. The van der Waals surface area contributed by atoms with E-state index in [1.54, 1.807) is 23.7 Å². The summed E-state index contributed by atoms with van der Waals surface area (Å²) in [5.41, 5.74) is 2.00. The van der Waals surface area contributed by atoms with Gasteiger partial charge in [0.1, 0.15) is 5.52 Å². The van der Waals surface area contributed by atoms with Gasteiger partial charge in [-0.05, 0) is 37.6 Å². The summed E-state index contributed by atoms with van der Waals surface area (Å²) in [6.45, 7) is 4.26. The van der Waals surface area contributed by atoms with Crippen LogP contribution in [0.2, 0.25) is 0 Å². The first-order valence-corrected chi connectivity index (χ1v) is 11.3. The van der Waals surface area contributed by atoms with E-state index in [9.17, 15) is 13.2 Å². The second kappa shape index (κ2) is 8.15. The van der Waals surface area contributed by atoms with Crippen molar-refractivity contribution < 1.29 is 13.2 Å². The highest BCUT2D eigenvalue weighted by Gasteiger charge is 2.30. The molecule has 2 aromatic carbocycles. The number of nitrogens with zero attached hydrogens (tertiary/aromatic N) is 4. The number of benzene rings is 2. The molecular weight excluding hydrogens is 447 g/mol. The number of hydrogen-bond donors (Lipinski definition) is 1.